The van der Waals surface area contributed by atoms with E-state index in [0.717, 1.165) is 23.7 Å². The molecule has 1 aliphatic heterocycles. The van der Waals surface area contributed by atoms with Crippen LogP contribution >= 0.6 is 15.9 Å². The third-order valence-electron chi connectivity index (χ3n) is 4.06. The Morgan fingerprint density at radius 3 is 3.17 bits per heavy atom. The Kier molecular flexibility index (Phi) is 2.13. The van der Waals surface area contributed by atoms with Gasteiger partial charge >= 0.3 is 0 Å². The van der Waals surface area contributed by atoms with Crippen LogP contribution in [-0.4, -0.2) is 10.5 Å². The van der Waals surface area contributed by atoms with Crippen molar-refractivity contribution in [3.05, 3.63) is 33.9 Å². The number of hydrogen-bond donors (Lipinski definition) is 1. The van der Waals surface area contributed by atoms with Crippen LogP contribution in [0, 0.1) is 0 Å². The van der Waals surface area contributed by atoms with Gasteiger partial charge in [-0.05, 0) is 43.0 Å². The summed E-state index contributed by atoms with van der Waals surface area (Å²) in [7, 11) is 0. The summed E-state index contributed by atoms with van der Waals surface area (Å²) in [5.74, 6) is 0.140. The van der Waals surface area contributed by atoms with Crippen LogP contribution in [0.1, 0.15) is 30.1 Å². The molecule has 0 fully saturated rings. The molecule has 1 N–H and O–H groups in total. The third kappa shape index (κ3) is 1.32. The first kappa shape index (κ1) is 10.6. The molecule has 0 saturated carbocycles. The van der Waals surface area contributed by atoms with Gasteiger partial charge in [-0.2, -0.15) is 0 Å². The lowest BCUT2D eigenvalue weighted by molar-refractivity contribution is -0.123. The highest BCUT2D eigenvalue weighted by Crippen LogP contribution is 2.39. The van der Waals surface area contributed by atoms with Crippen LogP contribution < -0.4 is 5.32 Å². The van der Waals surface area contributed by atoms with E-state index in [2.05, 4.69) is 44.0 Å². The highest BCUT2D eigenvalue weighted by atomic mass is 79.9. The van der Waals surface area contributed by atoms with Crippen molar-refractivity contribution in [2.24, 2.45) is 0 Å². The zero-order valence-electron chi connectivity index (χ0n) is 9.87. The summed E-state index contributed by atoms with van der Waals surface area (Å²) in [6.45, 7) is 0.462. The molecule has 3 nitrogen and oxygen atoms in total. The first-order valence-electron chi connectivity index (χ1n) is 6.34. The molecule has 92 valence electrons. The number of carbonyl (C=O) groups is 1. The Balaban J connectivity index is 2.10. The Bertz CT molecular complexity index is 674. The van der Waals surface area contributed by atoms with Crippen LogP contribution in [-0.2, 0) is 17.8 Å². The molecule has 1 amide bonds. The highest BCUT2D eigenvalue weighted by molar-refractivity contribution is 9.10. The van der Waals surface area contributed by atoms with Gasteiger partial charge in [0.05, 0.1) is 6.04 Å². The van der Waals surface area contributed by atoms with Crippen LogP contribution in [0.5, 0.6) is 0 Å². The Hall–Kier alpha value is -1.29. The van der Waals surface area contributed by atoms with Gasteiger partial charge in [-0.3, -0.25) is 4.79 Å². The first-order valence-corrected chi connectivity index (χ1v) is 7.13. The molecule has 2 aromatic rings. The number of halogens is 1. The molecule has 1 aliphatic carbocycles. The van der Waals surface area contributed by atoms with E-state index in [0.29, 0.717) is 6.54 Å². The molecule has 1 atom stereocenters. The fourth-order valence-corrected chi connectivity index (χ4v) is 3.75. The maximum absolute atomic E-state index is 11.8. The Morgan fingerprint density at radius 1 is 1.39 bits per heavy atom. The van der Waals surface area contributed by atoms with E-state index >= 15 is 0 Å². The minimum atomic E-state index is 0.140. The van der Waals surface area contributed by atoms with E-state index in [1.165, 1.54) is 22.2 Å². The monoisotopic (exact) mass is 304 g/mol. The largest absolute Gasteiger partial charge is 0.346 e. The molecule has 18 heavy (non-hydrogen) atoms. The number of nitrogens with one attached hydrogen (secondary N) is 1. The summed E-state index contributed by atoms with van der Waals surface area (Å²) in [5, 5.41) is 4.42. The number of fused-ring (bicyclic) bond motifs is 3. The summed E-state index contributed by atoms with van der Waals surface area (Å²) in [6.07, 6.45) is 3.35. The number of benzene rings is 1. The van der Waals surface area contributed by atoms with E-state index in [1.54, 1.807) is 0 Å². The van der Waals surface area contributed by atoms with Crippen LogP contribution in [0.3, 0.4) is 0 Å². The zero-order chi connectivity index (χ0) is 12.3. The fourth-order valence-electron chi connectivity index (χ4n) is 3.39. The minimum Gasteiger partial charge on any atom is -0.346 e. The fraction of sp³-hybridized carbons (Fsp3) is 0.357. The number of aryl methyl sites for hydroxylation is 1. The number of rotatable bonds is 0. The van der Waals surface area contributed by atoms with Gasteiger partial charge in [-0.25, -0.2) is 0 Å². The van der Waals surface area contributed by atoms with Crippen molar-refractivity contribution in [3.63, 3.8) is 0 Å². The Labute approximate surface area is 113 Å². The second-order valence-electron chi connectivity index (χ2n) is 5.12. The van der Waals surface area contributed by atoms with Crippen molar-refractivity contribution in [1.29, 1.82) is 0 Å². The van der Waals surface area contributed by atoms with Gasteiger partial charge in [0.25, 0.3) is 0 Å². The smallest absolute Gasteiger partial charge is 0.240 e. The molecule has 0 spiro atoms. The predicted octanol–water partition coefficient (Wildman–Crippen LogP) is 2.91. The van der Waals surface area contributed by atoms with E-state index in [9.17, 15) is 4.79 Å². The van der Waals surface area contributed by atoms with Gasteiger partial charge in [0.15, 0.2) is 0 Å². The lowest BCUT2D eigenvalue weighted by Crippen LogP contribution is -2.39. The third-order valence-corrected chi connectivity index (χ3v) is 4.55. The molecule has 0 saturated heterocycles. The molecule has 4 rings (SSSR count). The van der Waals surface area contributed by atoms with Crippen molar-refractivity contribution in [2.75, 3.05) is 0 Å². The number of amides is 1. The SMILES string of the molecule is O=C1Cn2c3c(c4cc(Br)ccc42)CCCC3N1. The van der Waals surface area contributed by atoms with Crippen molar-refractivity contribution in [3.8, 4) is 0 Å². The van der Waals surface area contributed by atoms with Gasteiger partial charge in [0.2, 0.25) is 5.91 Å². The molecule has 1 aromatic carbocycles. The topological polar surface area (TPSA) is 34.0 Å². The van der Waals surface area contributed by atoms with Gasteiger partial charge in [-0.1, -0.05) is 15.9 Å². The molecule has 4 heteroatoms. The van der Waals surface area contributed by atoms with E-state index in [-0.39, 0.29) is 11.9 Å². The number of aromatic nitrogens is 1. The van der Waals surface area contributed by atoms with Crippen molar-refractivity contribution >= 4 is 32.7 Å². The number of carbonyl (C=O) groups excluding carboxylic acids is 1. The molecule has 0 radical (unpaired) electrons. The summed E-state index contributed by atoms with van der Waals surface area (Å²) in [4.78, 5) is 11.8. The van der Waals surface area contributed by atoms with Gasteiger partial charge in [0.1, 0.15) is 6.54 Å². The molecule has 2 aliphatic rings. The highest BCUT2D eigenvalue weighted by Gasteiger charge is 2.32. The lowest BCUT2D eigenvalue weighted by Gasteiger charge is -2.30. The Morgan fingerprint density at radius 2 is 2.28 bits per heavy atom. The van der Waals surface area contributed by atoms with Crippen molar-refractivity contribution in [2.45, 2.75) is 31.8 Å². The average molecular weight is 305 g/mol. The molecule has 1 unspecified atom stereocenters. The molecular weight excluding hydrogens is 292 g/mol. The maximum atomic E-state index is 11.8. The summed E-state index contributed by atoms with van der Waals surface area (Å²) in [6, 6.07) is 6.58. The van der Waals surface area contributed by atoms with Crippen LogP contribution in [0.4, 0.5) is 0 Å². The van der Waals surface area contributed by atoms with Gasteiger partial charge in [-0.15, -0.1) is 0 Å². The van der Waals surface area contributed by atoms with Gasteiger partial charge in [0, 0.05) is 21.1 Å². The number of hydrogen-bond acceptors (Lipinski definition) is 1. The van der Waals surface area contributed by atoms with E-state index in [1.807, 2.05) is 0 Å². The second-order valence-corrected chi connectivity index (χ2v) is 6.04. The minimum absolute atomic E-state index is 0.140. The summed E-state index contributed by atoms with van der Waals surface area (Å²) < 4.78 is 3.32. The average Bonchev–Trinajstić information content (AvgIpc) is 2.65. The first-order chi connectivity index (χ1) is 8.74. The predicted molar refractivity (Wildman–Crippen MR) is 73.5 cm³/mol. The van der Waals surface area contributed by atoms with Crippen molar-refractivity contribution < 1.29 is 4.79 Å². The standard InChI is InChI=1S/C14H13BrN2O/c15-8-4-5-12-10(6-8)9-2-1-3-11-14(9)17(12)7-13(18)16-11/h4-6,11H,1-3,7H2,(H,16,18). The second kappa shape index (κ2) is 3.60. The van der Waals surface area contributed by atoms with Crippen LogP contribution in [0.15, 0.2) is 22.7 Å². The summed E-state index contributed by atoms with van der Waals surface area (Å²) >= 11 is 3.54. The van der Waals surface area contributed by atoms with Crippen LogP contribution in [0.25, 0.3) is 10.9 Å². The molecule has 0 bridgehead atoms. The molecule has 1 aromatic heterocycles. The van der Waals surface area contributed by atoms with E-state index < -0.39 is 0 Å². The quantitative estimate of drug-likeness (QED) is 0.798. The number of nitrogens with zero attached hydrogens (tertiary/aromatic N) is 1. The molecule has 2 heterocycles. The lowest BCUT2D eigenvalue weighted by atomic mass is 9.91. The van der Waals surface area contributed by atoms with Crippen LogP contribution in [0.2, 0.25) is 0 Å². The maximum Gasteiger partial charge on any atom is 0.240 e. The van der Waals surface area contributed by atoms with E-state index in [4.69, 9.17) is 0 Å². The zero-order valence-corrected chi connectivity index (χ0v) is 11.5. The summed E-state index contributed by atoms with van der Waals surface area (Å²) in [5.41, 5.74) is 3.97. The van der Waals surface area contributed by atoms with Crippen molar-refractivity contribution in [1.82, 2.24) is 9.88 Å². The van der Waals surface area contributed by atoms with Gasteiger partial charge < -0.3 is 9.88 Å². The molecular formula is C14H13BrN2O. The normalized spacial score (nSPS) is 21.8.